The summed E-state index contributed by atoms with van der Waals surface area (Å²) >= 11 is 0. The molecule has 3 aromatic carbocycles. The first-order chi connectivity index (χ1) is 12.6. The fourth-order valence-corrected chi connectivity index (χ4v) is 3.06. The molecule has 0 radical (unpaired) electrons. The molecule has 0 aromatic heterocycles. The van der Waals surface area contributed by atoms with Crippen molar-refractivity contribution in [1.29, 1.82) is 0 Å². The van der Waals surface area contributed by atoms with Crippen molar-refractivity contribution in [2.75, 3.05) is 6.54 Å². The lowest BCUT2D eigenvalue weighted by Gasteiger charge is -2.14. The molecule has 0 heterocycles. The predicted molar refractivity (Wildman–Crippen MR) is 102 cm³/mol. The van der Waals surface area contributed by atoms with E-state index in [1.54, 1.807) is 0 Å². The van der Waals surface area contributed by atoms with Gasteiger partial charge in [0.25, 0.3) is 0 Å². The highest BCUT2D eigenvalue weighted by molar-refractivity contribution is 5.90. The van der Waals surface area contributed by atoms with Gasteiger partial charge in [0.15, 0.2) is 0 Å². The van der Waals surface area contributed by atoms with Crippen LogP contribution in [0.5, 0.6) is 0 Å². The number of nitrogens with one attached hydrogen (secondary N) is 1. The molecule has 0 spiro atoms. The average Bonchev–Trinajstić information content (AvgIpc) is 2.66. The maximum absolute atomic E-state index is 12.3. The van der Waals surface area contributed by atoms with Gasteiger partial charge in [-0.15, -0.1) is 0 Å². The Morgan fingerprint density at radius 3 is 2.35 bits per heavy atom. The van der Waals surface area contributed by atoms with Gasteiger partial charge in [-0.3, -0.25) is 9.59 Å². The highest BCUT2D eigenvalue weighted by Crippen LogP contribution is 2.19. The van der Waals surface area contributed by atoms with Crippen LogP contribution in [0.1, 0.15) is 11.1 Å². The number of carboxylic acids is 1. The van der Waals surface area contributed by atoms with Crippen molar-refractivity contribution in [2.45, 2.75) is 12.8 Å². The minimum absolute atomic E-state index is 0.119. The first-order valence-electron chi connectivity index (χ1n) is 8.63. The zero-order valence-corrected chi connectivity index (χ0v) is 14.4. The monoisotopic (exact) mass is 347 g/mol. The van der Waals surface area contributed by atoms with E-state index in [0.717, 1.165) is 21.9 Å². The smallest absolute Gasteiger partial charge is 0.308 e. The highest BCUT2D eigenvalue weighted by atomic mass is 16.4. The molecular weight excluding hydrogens is 326 g/mol. The van der Waals surface area contributed by atoms with Crippen LogP contribution in [-0.2, 0) is 22.4 Å². The number of carbonyl (C=O) groups is 2. The summed E-state index contributed by atoms with van der Waals surface area (Å²) in [5.41, 5.74) is 1.89. The standard InChI is InChI=1S/C22H21NO3/c24-21(14-18-11-6-10-17-9-4-5-12-20(17)18)23-15-19(22(25)26)13-16-7-2-1-3-8-16/h1-12,19H,13-15H2,(H,23,24)(H,25,26). The number of carbonyl (C=O) groups excluding carboxylic acids is 1. The van der Waals surface area contributed by atoms with Gasteiger partial charge in [-0.1, -0.05) is 72.8 Å². The molecule has 3 aromatic rings. The van der Waals surface area contributed by atoms with Gasteiger partial charge in [0.1, 0.15) is 0 Å². The Morgan fingerprint density at radius 2 is 1.58 bits per heavy atom. The SMILES string of the molecule is O=C(Cc1cccc2ccccc12)NCC(Cc1ccccc1)C(=O)O. The van der Waals surface area contributed by atoms with Gasteiger partial charge >= 0.3 is 5.97 Å². The summed E-state index contributed by atoms with van der Waals surface area (Å²) in [5.74, 6) is -1.71. The summed E-state index contributed by atoms with van der Waals surface area (Å²) in [6.07, 6.45) is 0.629. The molecule has 0 saturated carbocycles. The van der Waals surface area contributed by atoms with Gasteiger partial charge in [-0.05, 0) is 28.3 Å². The molecule has 0 aliphatic heterocycles. The first-order valence-corrected chi connectivity index (χ1v) is 8.63. The third kappa shape index (κ3) is 4.48. The van der Waals surface area contributed by atoms with Gasteiger partial charge in [-0.25, -0.2) is 0 Å². The van der Waals surface area contributed by atoms with Gasteiger partial charge in [0, 0.05) is 6.54 Å². The number of fused-ring (bicyclic) bond motifs is 1. The van der Waals surface area contributed by atoms with Crippen molar-refractivity contribution in [3.63, 3.8) is 0 Å². The molecule has 0 aliphatic rings. The highest BCUT2D eigenvalue weighted by Gasteiger charge is 2.19. The molecule has 26 heavy (non-hydrogen) atoms. The molecule has 4 nitrogen and oxygen atoms in total. The second-order valence-electron chi connectivity index (χ2n) is 6.34. The van der Waals surface area contributed by atoms with Crippen molar-refractivity contribution < 1.29 is 14.7 Å². The van der Waals surface area contributed by atoms with Crippen LogP contribution in [0.25, 0.3) is 10.8 Å². The van der Waals surface area contributed by atoms with Crippen molar-refractivity contribution >= 4 is 22.6 Å². The molecule has 1 unspecified atom stereocenters. The van der Waals surface area contributed by atoms with E-state index >= 15 is 0 Å². The zero-order chi connectivity index (χ0) is 18.4. The second kappa shape index (κ2) is 8.30. The Hall–Kier alpha value is -3.14. The number of rotatable bonds is 7. The minimum atomic E-state index is -0.903. The molecule has 0 saturated heterocycles. The van der Waals surface area contributed by atoms with Crippen LogP contribution in [0, 0.1) is 5.92 Å². The van der Waals surface area contributed by atoms with Crippen LogP contribution in [0.4, 0.5) is 0 Å². The second-order valence-corrected chi connectivity index (χ2v) is 6.34. The van der Waals surface area contributed by atoms with Crippen LogP contribution in [0.15, 0.2) is 72.8 Å². The fraction of sp³-hybridized carbons (Fsp3) is 0.182. The Balaban J connectivity index is 1.62. The van der Waals surface area contributed by atoms with Crippen LogP contribution < -0.4 is 5.32 Å². The molecule has 1 amide bonds. The number of amides is 1. The van der Waals surface area contributed by atoms with Crippen LogP contribution >= 0.6 is 0 Å². The minimum Gasteiger partial charge on any atom is -0.481 e. The molecule has 0 aliphatic carbocycles. The number of benzene rings is 3. The number of hydrogen-bond acceptors (Lipinski definition) is 2. The van der Waals surface area contributed by atoms with E-state index in [1.807, 2.05) is 72.8 Å². The van der Waals surface area contributed by atoms with Crippen molar-refractivity contribution in [1.82, 2.24) is 5.32 Å². The van der Waals surface area contributed by atoms with Crippen LogP contribution in [-0.4, -0.2) is 23.5 Å². The van der Waals surface area contributed by atoms with E-state index < -0.39 is 11.9 Å². The lowest BCUT2D eigenvalue weighted by atomic mass is 9.99. The van der Waals surface area contributed by atoms with Gasteiger partial charge in [0.05, 0.1) is 12.3 Å². The van der Waals surface area contributed by atoms with Gasteiger partial charge in [-0.2, -0.15) is 0 Å². The van der Waals surface area contributed by atoms with Crippen LogP contribution in [0.3, 0.4) is 0 Å². The summed E-state index contributed by atoms with van der Waals surface area (Å²) in [6, 6.07) is 23.2. The van der Waals surface area contributed by atoms with E-state index in [-0.39, 0.29) is 18.9 Å². The Bertz CT molecular complexity index is 900. The predicted octanol–water partition coefficient (Wildman–Crippen LogP) is 3.44. The molecule has 3 rings (SSSR count). The maximum atomic E-state index is 12.3. The lowest BCUT2D eigenvalue weighted by molar-refractivity contribution is -0.141. The normalized spacial score (nSPS) is 11.8. The van der Waals surface area contributed by atoms with Crippen molar-refractivity contribution in [2.24, 2.45) is 5.92 Å². The molecule has 132 valence electrons. The molecule has 2 N–H and O–H groups in total. The number of hydrogen-bond donors (Lipinski definition) is 2. The van der Waals surface area contributed by atoms with E-state index in [2.05, 4.69) is 5.32 Å². The third-order valence-corrected chi connectivity index (χ3v) is 4.45. The quantitative estimate of drug-likeness (QED) is 0.688. The van der Waals surface area contributed by atoms with Crippen molar-refractivity contribution in [3.05, 3.63) is 83.9 Å². The van der Waals surface area contributed by atoms with Crippen molar-refractivity contribution in [3.8, 4) is 0 Å². The summed E-state index contributed by atoms with van der Waals surface area (Å²) in [6.45, 7) is 0.119. The van der Waals surface area contributed by atoms with Gasteiger partial charge in [0.2, 0.25) is 5.91 Å². The van der Waals surface area contributed by atoms with E-state index in [1.165, 1.54) is 0 Å². The molecule has 4 heteroatoms. The maximum Gasteiger partial charge on any atom is 0.308 e. The fourth-order valence-electron chi connectivity index (χ4n) is 3.06. The Morgan fingerprint density at radius 1 is 0.885 bits per heavy atom. The Kier molecular flexibility index (Phi) is 5.64. The first kappa shape index (κ1) is 17.7. The molecule has 1 atom stereocenters. The topological polar surface area (TPSA) is 66.4 Å². The summed E-state index contributed by atoms with van der Waals surface area (Å²) in [5, 5.41) is 14.3. The van der Waals surface area contributed by atoms with E-state index in [9.17, 15) is 14.7 Å². The largest absolute Gasteiger partial charge is 0.481 e. The number of aliphatic carboxylic acids is 1. The van der Waals surface area contributed by atoms with Gasteiger partial charge < -0.3 is 10.4 Å². The molecule has 0 bridgehead atoms. The lowest BCUT2D eigenvalue weighted by Crippen LogP contribution is -2.34. The molecular formula is C22H21NO3. The number of carboxylic acid groups (broad SMARTS) is 1. The van der Waals surface area contributed by atoms with E-state index in [0.29, 0.717) is 6.42 Å². The van der Waals surface area contributed by atoms with Crippen LogP contribution in [0.2, 0.25) is 0 Å². The summed E-state index contributed by atoms with van der Waals surface area (Å²) in [4.78, 5) is 23.8. The average molecular weight is 347 g/mol. The summed E-state index contributed by atoms with van der Waals surface area (Å²) < 4.78 is 0. The zero-order valence-electron chi connectivity index (χ0n) is 14.4. The third-order valence-electron chi connectivity index (χ3n) is 4.45. The summed E-state index contributed by atoms with van der Waals surface area (Å²) in [7, 11) is 0. The Labute approximate surface area is 152 Å². The molecule has 0 fully saturated rings. The van der Waals surface area contributed by atoms with E-state index in [4.69, 9.17) is 0 Å².